The van der Waals surface area contributed by atoms with Crippen molar-refractivity contribution in [1.29, 1.82) is 0 Å². The molecule has 1 fully saturated rings. The largest absolute Gasteiger partial charge is 0.394 e. The van der Waals surface area contributed by atoms with E-state index in [1.807, 2.05) is 13.8 Å². The average Bonchev–Trinajstić information content (AvgIpc) is 2.36. The fraction of sp³-hybridized carbons (Fsp3) is 0.923. The lowest BCUT2D eigenvalue weighted by atomic mass is 9.97. The van der Waals surface area contributed by atoms with Crippen LogP contribution in [0.4, 0.5) is 0 Å². The third-order valence-electron chi connectivity index (χ3n) is 3.55. The number of rotatable bonds is 6. The van der Waals surface area contributed by atoms with Crippen molar-refractivity contribution in [2.45, 2.75) is 39.2 Å². The smallest absolute Gasteiger partial charge is 0.224 e. The zero-order valence-corrected chi connectivity index (χ0v) is 13.3. The first kappa shape index (κ1) is 17.4. The highest BCUT2D eigenvalue weighted by atomic mass is 32.2. The van der Waals surface area contributed by atoms with Gasteiger partial charge in [0.2, 0.25) is 15.9 Å². The number of nitrogens with one attached hydrogen (secondary N) is 1. The fourth-order valence-electron chi connectivity index (χ4n) is 2.52. The van der Waals surface area contributed by atoms with Crippen molar-refractivity contribution in [2.75, 3.05) is 26.0 Å². The molecule has 7 heteroatoms. The van der Waals surface area contributed by atoms with Crippen LogP contribution >= 0.6 is 0 Å². The van der Waals surface area contributed by atoms with Gasteiger partial charge in [-0.1, -0.05) is 13.8 Å². The maximum atomic E-state index is 12.2. The molecule has 1 aliphatic rings. The first-order valence-corrected chi connectivity index (χ1v) is 8.95. The molecule has 1 amide bonds. The molecule has 1 aliphatic heterocycles. The summed E-state index contributed by atoms with van der Waals surface area (Å²) in [5.41, 5.74) is 0. The van der Waals surface area contributed by atoms with Gasteiger partial charge < -0.3 is 10.4 Å². The molecule has 2 atom stereocenters. The van der Waals surface area contributed by atoms with Gasteiger partial charge in [0.15, 0.2) is 0 Å². The molecule has 0 spiro atoms. The van der Waals surface area contributed by atoms with Crippen LogP contribution < -0.4 is 5.32 Å². The van der Waals surface area contributed by atoms with E-state index in [-0.39, 0.29) is 31.0 Å². The molecule has 1 saturated heterocycles. The molecule has 2 unspecified atom stereocenters. The molecule has 118 valence electrons. The molecule has 2 N–H and O–H groups in total. The summed E-state index contributed by atoms with van der Waals surface area (Å²) in [7, 11) is -3.24. The van der Waals surface area contributed by atoms with Crippen LogP contribution in [0.15, 0.2) is 0 Å². The quantitative estimate of drug-likeness (QED) is 0.733. The molecule has 1 rings (SSSR count). The Kier molecular flexibility index (Phi) is 6.42. The van der Waals surface area contributed by atoms with Crippen molar-refractivity contribution >= 4 is 15.9 Å². The summed E-state index contributed by atoms with van der Waals surface area (Å²) < 4.78 is 24.4. The Morgan fingerprint density at radius 1 is 1.45 bits per heavy atom. The van der Waals surface area contributed by atoms with Crippen LogP contribution in [-0.2, 0) is 14.8 Å². The van der Waals surface area contributed by atoms with E-state index in [0.717, 1.165) is 0 Å². The van der Waals surface area contributed by atoms with Crippen LogP contribution in [0.25, 0.3) is 0 Å². The van der Waals surface area contributed by atoms with E-state index < -0.39 is 10.0 Å². The Bertz CT molecular complexity index is 422. The molecular formula is C13H26N2O4S. The Labute approximate surface area is 121 Å². The number of hydrogen-bond acceptors (Lipinski definition) is 4. The van der Waals surface area contributed by atoms with E-state index >= 15 is 0 Å². The minimum atomic E-state index is -3.24. The van der Waals surface area contributed by atoms with E-state index in [0.29, 0.717) is 31.7 Å². The minimum absolute atomic E-state index is 0.0908. The van der Waals surface area contributed by atoms with Crippen molar-refractivity contribution in [3.8, 4) is 0 Å². The Morgan fingerprint density at radius 2 is 2.10 bits per heavy atom. The number of hydrogen-bond donors (Lipinski definition) is 2. The molecule has 20 heavy (non-hydrogen) atoms. The summed E-state index contributed by atoms with van der Waals surface area (Å²) >= 11 is 0. The lowest BCUT2D eigenvalue weighted by Gasteiger charge is -2.31. The molecule has 0 aromatic heterocycles. The number of carbonyl (C=O) groups excluding carboxylic acids is 1. The van der Waals surface area contributed by atoms with Crippen LogP contribution in [0.5, 0.6) is 0 Å². The van der Waals surface area contributed by atoms with Crippen LogP contribution in [0, 0.1) is 11.8 Å². The van der Waals surface area contributed by atoms with E-state index in [4.69, 9.17) is 0 Å². The number of sulfonamides is 1. The van der Waals surface area contributed by atoms with Crippen LogP contribution in [0.3, 0.4) is 0 Å². The number of piperidine rings is 1. The van der Waals surface area contributed by atoms with Gasteiger partial charge in [-0.25, -0.2) is 12.7 Å². The summed E-state index contributed by atoms with van der Waals surface area (Å²) in [4.78, 5) is 12.2. The second kappa shape index (κ2) is 7.38. The van der Waals surface area contributed by atoms with E-state index in [2.05, 4.69) is 5.32 Å². The Balaban J connectivity index is 2.58. The fourth-order valence-corrected chi connectivity index (χ4v) is 3.44. The van der Waals surface area contributed by atoms with Gasteiger partial charge in [-0.05, 0) is 25.2 Å². The standard InChI is InChI=1S/C13H26N2O4S/c1-10(2)7-12(9-16)14-13(17)11-5-4-6-15(8-11)20(3,18)19/h10-12,16H,4-9H2,1-3H3,(H,14,17). The molecule has 1 heterocycles. The van der Waals surface area contributed by atoms with Crippen LogP contribution in [-0.4, -0.2) is 55.7 Å². The third-order valence-corrected chi connectivity index (χ3v) is 4.82. The van der Waals surface area contributed by atoms with Gasteiger partial charge in [0.1, 0.15) is 0 Å². The summed E-state index contributed by atoms with van der Waals surface area (Å²) in [6.45, 7) is 4.69. The zero-order chi connectivity index (χ0) is 15.3. The van der Waals surface area contributed by atoms with Gasteiger partial charge in [-0.15, -0.1) is 0 Å². The minimum Gasteiger partial charge on any atom is -0.394 e. The van der Waals surface area contributed by atoms with Crippen molar-refractivity contribution in [1.82, 2.24) is 9.62 Å². The van der Waals surface area contributed by atoms with Crippen LogP contribution in [0.1, 0.15) is 33.1 Å². The van der Waals surface area contributed by atoms with E-state index in [1.165, 1.54) is 10.6 Å². The molecule has 6 nitrogen and oxygen atoms in total. The van der Waals surface area contributed by atoms with E-state index in [9.17, 15) is 18.3 Å². The van der Waals surface area contributed by atoms with Crippen molar-refractivity contribution in [3.63, 3.8) is 0 Å². The summed E-state index contributed by atoms with van der Waals surface area (Å²) in [6.07, 6.45) is 3.27. The van der Waals surface area contributed by atoms with Crippen molar-refractivity contribution in [2.24, 2.45) is 11.8 Å². The maximum Gasteiger partial charge on any atom is 0.224 e. The number of amides is 1. The maximum absolute atomic E-state index is 12.2. The topological polar surface area (TPSA) is 86.7 Å². The molecule has 0 aliphatic carbocycles. The predicted molar refractivity (Wildman–Crippen MR) is 77.6 cm³/mol. The van der Waals surface area contributed by atoms with Gasteiger partial charge in [-0.2, -0.15) is 0 Å². The average molecular weight is 306 g/mol. The highest BCUT2D eigenvalue weighted by Gasteiger charge is 2.30. The molecule has 0 bridgehead atoms. The number of aliphatic hydroxyl groups is 1. The first-order valence-electron chi connectivity index (χ1n) is 7.10. The van der Waals surface area contributed by atoms with Crippen LogP contribution in [0.2, 0.25) is 0 Å². The van der Waals surface area contributed by atoms with Gasteiger partial charge in [0.05, 0.1) is 24.8 Å². The zero-order valence-electron chi connectivity index (χ0n) is 12.5. The Hall–Kier alpha value is -0.660. The monoisotopic (exact) mass is 306 g/mol. The second-order valence-corrected chi connectivity index (χ2v) is 7.96. The van der Waals surface area contributed by atoms with E-state index in [1.54, 1.807) is 0 Å². The second-order valence-electron chi connectivity index (χ2n) is 5.98. The van der Waals surface area contributed by atoms with Gasteiger partial charge in [-0.3, -0.25) is 4.79 Å². The molecule has 0 saturated carbocycles. The third kappa shape index (κ3) is 5.38. The lowest BCUT2D eigenvalue weighted by molar-refractivity contribution is -0.127. The summed E-state index contributed by atoms with van der Waals surface area (Å²) in [6, 6.07) is -0.254. The highest BCUT2D eigenvalue weighted by Crippen LogP contribution is 2.19. The number of nitrogens with zero attached hydrogens (tertiary/aromatic N) is 1. The van der Waals surface area contributed by atoms with Gasteiger partial charge >= 0.3 is 0 Å². The Morgan fingerprint density at radius 3 is 2.60 bits per heavy atom. The van der Waals surface area contributed by atoms with Gasteiger partial charge in [0, 0.05) is 13.1 Å². The normalized spacial score (nSPS) is 22.8. The van der Waals surface area contributed by atoms with Crippen molar-refractivity contribution < 1.29 is 18.3 Å². The summed E-state index contributed by atoms with van der Waals surface area (Å²) in [5.74, 6) is -0.0935. The molecule has 0 radical (unpaired) electrons. The number of carbonyl (C=O) groups is 1. The lowest BCUT2D eigenvalue weighted by Crippen LogP contribution is -2.48. The van der Waals surface area contributed by atoms with Crippen molar-refractivity contribution in [3.05, 3.63) is 0 Å². The first-order chi connectivity index (χ1) is 9.24. The SMILES string of the molecule is CC(C)CC(CO)NC(=O)C1CCCN(S(C)(=O)=O)C1. The molecule has 0 aromatic rings. The summed E-state index contributed by atoms with van der Waals surface area (Å²) in [5, 5.41) is 12.1. The highest BCUT2D eigenvalue weighted by molar-refractivity contribution is 7.88. The molecular weight excluding hydrogens is 280 g/mol. The number of aliphatic hydroxyl groups excluding tert-OH is 1. The van der Waals surface area contributed by atoms with Gasteiger partial charge in [0.25, 0.3) is 0 Å². The molecule has 0 aromatic carbocycles. The predicted octanol–water partition coefficient (Wildman–Crippen LogP) is 0.181.